The van der Waals surface area contributed by atoms with E-state index in [-0.39, 0.29) is 30.7 Å². The van der Waals surface area contributed by atoms with Crippen LogP contribution in [0.25, 0.3) is 0 Å². The maximum atomic E-state index is 11.0. The molecule has 3 unspecified atom stereocenters. The van der Waals surface area contributed by atoms with E-state index >= 15 is 0 Å². The smallest absolute Gasteiger partial charge is 0.313 e. The molecule has 0 aromatic carbocycles. The number of carbonyl (C=O) groups excluding carboxylic acids is 1. The zero-order chi connectivity index (χ0) is 10.7. The van der Waals surface area contributed by atoms with Crippen molar-refractivity contribution in [3.05, 3.63) is 12.8 Å². The van der Waals surface area contributed by atoms with Crippen molar-refractivity contribution in [3.63, 3.8) is 0 Å². The fourth-order valence-electron chi connectivity index (χ4n) is 1.29. The number of hydrogen-bond acceptors (Lipinski definition) is 5. The van der Waals surface area contributed by atoms with Gasteiger partial charge in [-0.2, -0.15) is 0 Å². The molecule has 2 aliphatic rings. The molecule has 0 amide bonds. The van der Waals surface area contributed by atoms with Gasteiger partial charge in [0, 0.05) is 0 Å². The minimum atomic E-state index is -0.317. The van der Waals surface area contributed by atoms with Crippen LogP contribution in [0.15, 0.2) is 12.8 Å². The maximum absolute atomic E-state index is 11.0. The van der Waals surface area contributed by atoms with Crippen LogP contribution in [0.4, 0.5) is 0 Å². The molecule has 0 bridgehead atoms. The Bertz CT molecular complexity index is 248. The molecule has 0 radical (unpaired) electrons. The Balaban J connectivity index is 1.51. The lowest BCUT2D eigenvalue weighted by Gasteiger charge is -1.97. The first-order valence-corrected chi connectivity index (χ1v) is 4.95. The van der Waals surface area contributed by atoms with Crippen molar-refractivity contribution in [3.8, 4) is 0 Å². The molecule has 0 aromatic rings. The highest BCUT2D eigenvalue weighted by Gasteiger charge is 2.41. The lowest BCUT2D eigenvalue weighted by atomic mass is 10.2. The van der Waals surface area contributed by atoms with Crippen LogP contribution in [0.1, 0.15) is 6.42 Å². The molecule has 5 heteroatoms. The summed E-state index contributed by atoms with van der Waals surface area (Å²) in [5.74, 6) is -0.317. The van der Waals surface area contributed by atoms with E-state index in [9.17, 15) is 4.79 Å². The van der Waals surface area contributed by atoms with Gasteiger partial charge in [-0.25, -0.2) is 0 Å². The van der Waals surface area contributed by atoms with Gasteiger partial charge in [-0.15, -0.1) is 0 Å². The highest BCUT2D eigenvalue weighted by molar-refractivity contribution is 5.71. The summed E-state index contributed by atoms with van der Waals surface area (Å²) in [6, 6.07) is 0. The summed E-state index contributed by atoms with van der Waals surface area (Å²) in [5.41, 5.74) is 0. The summed E-state index contributed by atoms with van der Waals surface area (Å²) in [6.07, 6.45) is 1.63. The van der Waals surface area contributed by atoms with E-state index in [0.717, 1.165) is 12.9 Å². The highest BCUT2D eigenvalue weighted by atomic mass is 16.6. The lowest BCUT2D eigenvalue weighted by Crippen LogP contribution is -2.11. The number of esters is 1. The number of rotatable bonds is 7. The Labute approximate surface area is 87.9 Å². The standard InChI is InChI=1S/C10H14O5/c1-2-13-10(11)3-8-9(15-8)6-12-4-7-5-14-7/h2,7-9H,1,3-6H2. The zero-order valence-electron chi connectivity index (χ0n) is 8.39. The summed E-state index contributed by atoms with van der Waals surface area (Å²) in [6.45, 7) is 5.23. The summed E-state index contributed by atoms with van der Waals surface area (Å²) in [4.78, 5) is 11.0. The third kappa shape index (κ3) is 3.62. The normalized spacial score (nSPS) is 32.1. The molecule has 3 atom stereocenters. The molecule has 0 saturated carbocycles. The number of epoxide rings is 2. The molecule has 2 aliphatic heterocycles. The van der Waals surface area contributed by atoms with Crippen molar-refractivity contribution in [1.82, 2.24) is 0 Å². The van der Waals surface area contributed by atoms with Crippen molar-refractivity contribution in [2.24, 2.45) is 0 Å². The molecule has 5 nitrogen and oxygen atoms in total. The minimum Gasteiger partial charge on any atom is -0.435 e. The van der Waals surface area contributed by atoms with E-state index in [1.54, 1.807) is 0 Å². The summed E-state index contributed by atoms with van der Waals surface area (Å²) >= 11 is 0. The average Bonchev–Trinajstić information content (AvgIpc) is 3.05. The van der Waals surface area contributed by atoms with Crippen molar-refractivity contribution < 1.29 is 23.7 Å². The first-order chi connectivity index (χ1) is 7.29. The maximum Gasteiger partial charge on any atom is 0.313 e. The molecule has 0 aromatic heterocycles. The van der Waals surface area contributed by atoms with Crippen molar-refractivity contribution in [2.75, 3.05) is 19.8 Å². The second kappa shape index (κ2) is 4.74. The van der Waals surface area contributed by atoms with Gasteiger partial charge in [0.25, 0.3) is 0 Å². The molecule has 0 N–H and O–H groups in total. The van der Waals surface area contributed by atoms with Gasteiger partial charge in [-0.1, -0.05) is 6.58 Å². The van der Waals surface area contributed by atoms with Gasteiger partial charge >= 0.3 is 5.97 Å². The number of carbonyl (C=O) groups is 1. The summed E-state index contributed by atoms with van der Waals surface area (Å²) in [5, 5.41) is 0. The highest BCUT2D eigenvalue weighted by Crippen LogP contribution is 2.26. The van der Waals surface area contributed by atoms with Gasteiger partial charge in [0.05, 0.1) is 38.6 Å². The second-order valence-electron chi connectivity index (χ2n) is 3.57. The Morgan fingerprint density at radius 1 is 1.47 bits per heavy atom. The Kier molecular flexibility index (Phi) is 3.35. The monoisotopic (exact) mass is 214 g/mol. The van der Waals surface area contributed by atoms with Gasteiger partial charge in [0.2, 0.25) is 0 Å². The van der Waals surface area contributed by atoms with E-state index in [2.05, 4.69) is 11.3 Å². The van der Waals surface area contributed by atoms with Gasteiger partial charge in [-0.05, 0) is 0 Å². The van der Waals surface area contributed by atoms with Crippen LogP contribution in [0, 0.1) is 0 Å². The van der Waals surface area contributed by atoms with E-state index in [0.29, 0.717) is 13.2 Å². The molecule has 2 rings (SSSR count). The molecular weight excluding hydrogens is 200 g/mol. The van der Waals surface area contributed by atoms with E-state index in [1.807, 2.05) is 0 Å². The predicted molar refractivity (Wildman–Crippen MR) is 50.1 cm³/mol. The number of ether oxygens (including phenoxy) is 4. The van der Waals surface area contributed by atoms with Crippen LogP contribution < -0.4 is 0 Å². The molecule has 0 aliphatic carbocycles. The quantitative estimate of drug-likeness (QED) is 0.345. The average molecular weight is 214 g/mol. The van der Waals surface area contributed by atoms with Gasteiger partial charge in [0.15, 0.2) is 0 Å². The SMILES string of the molecule is C=COC(=O)CC1OC1COCC1CO1. The van der Waals surface area contributed by atoms with Crippen LogP contribution in [0.2, 0.25) is 0 Å². The van der Waals surface area contributed by atoms with Crippen LogP contribution in [0.3, 0.4) is 0 Å². The lowest BCUT2D eigenvalue weighted by molar-refractivity contribution is -0.138. The first-order valence-electron chi connectivity index (χ1n) is 4.95. The van der Waals surface area contributed by atoms with Crippen LogP contribution in [-0.2, 0) is 23.7 Å². The Hall–Kier alpha value is -0.910. The van der Waals surface area contributed by atoms with E-state index in [1.165, 1.54) is 0 Å². The van der Waals surface area contributed by atoms with E-state index in [4.69, 9.17) is 14.2 Å². The van der Waals surface area contributed by atoms with Crippen molar-refractivity contribution >= 4 is 5.97 Å². The Morgan fingerprint density at radius 3 is 2.93 bits per heavy atom. The third-order valence-electron chi connectivity index (χ3n) is 2.26. The molecular formula is C10H14O5. The summed E-state index contributed by atoms with van der Waals surface area (Å²) < 4.78 is 20.1. The van der Waals surface area contributed by atoms with Gasteiger partial charge < -0.3 is 18.9 Å². The van der Waals surface area contributed by atoms with Crippen molar-refractivity contribution in [1.29, 1.82) is 0 Å². The van der Waals surface area contributed by atoms with Crippen molar-refractivity contribution in [2.45, 2.75) is 24.7 Å². The van der Waals surface area contributed by atoms with Crippen LogP contribution >= 0.6 is 0 Å². The fraction of sp³-hybridized carbons (Fsp3) is 0.700. The molecule has 84 valence electrons. The molecule has 0 spiro atoms. The van der Waals surface area contributed by atoms with Gasteiger partial charge in [-0.3, -0.25) is 4.79 Å². The number of hydrogen-bond donors (Lipinski definition) is 0. The topological polar surface area (TPSA) is 60.6 Å². The van der Waals surface area contributed by atoms with Crippen LogP contribution in [0.5, 0.6) is 0 Å². The minimum absolute atomic E-state index is 0.0288. The van der Waals surface area contributed by atoms with E-state index < -0.39 is 0 Å². The fourth-order valence-corrected chi connectivity index (χ4v) is 1.29. The largest absolute Gasteiger partial charge is 0.435 e. The summed E-state index contributed by atoms with van der Waals surface area (Å²) in [7, 11) is 0. The second-order valence-corrected chi connectivity index (χ2v) is 3.57. The predicted octanol–water partition coefficient (Wildman–Crippen LogP) is 0.246. The molecule has 2 heterocycles. The zero-order valence-corrected chi connectivity index (χ0v) is 8.39. The van der Waals surface area contributed by atoms with Gasteiger partial charge in [0.1, 0.15) is 12.2 Å². The molecule has 15 heavy (non-hydrogen) atoms. The Morgan fingerprint density at radius 2 is 2.27 bits per heavy atom. The third-order valence-corrected chi connectivity index (χ3v) is 2.26. The molecule has 2 saturated heterocycles. The molecule has 2 fully saturated rings. The van der Waals surface area contributed by atoms with Crippen LogP contribution in [-0.4, -0.2) is 44.1 Å². The first kappa shape index (κ1) is 10.6.